The number of aliphatic hydroxyl groups is 2. The molecule has 0 saturated carbocycles. The first-order valence-electron chi connectivity index (χ1n) is 14.3. The van der Waals surface area contributed by atoms with Crippen LogP contribution in [0.25, 0.3) is 11.3 Å². The number of hydrogen-bond donors (Lipinski definition) is 3. The van der Waals surface area contributed by atoms with E-state index in [1.807, 2.05) is 32.9 Å². The van der Waals surface area contributed by atoms with Crippen LogP contribution in [-0.4, -0.2) is 36.2 Å². The number of aliphatic hydroxyl groups excluding tert-OH is 2. The minimum atomic E-state index is -4.42. The fourth-order valence-electron chi connectivity index (χ4n) is 4.81. The molecular formula is C34H47F3N2O2. The minimum Gasteiger partial charge on any atom is -0.400 e. The van der Waals surface area contributed by atoms with E-state index < -0.39 is 11.7 Å². The Morgan fingerprint density at radius 1 is 0.927 bits per heavy atom. The fraction of sp³-hybridized carbons (Fsp3) is 0.441. The van der Waals surface area contributed by atoms with E-state index in [0.29, 0.717) is 36.1 Å². The smallest absolute Gasteiger partial charge is 0.400 e. The van der Waals surface area contributed by atoms with Gasteiger partial charge < -0.3 is 15.9 Å². The van der Waals surface area contributed by atoms with Gasteiger partial charge >= 0.3 is 6.18 Å². The Bertz CT molecular complexity index is 1190. The standard InChI is InChI=1S/C30H33F3N2.C2H6.2CH4O/c1-3-7-27(34)28-18-20(2)29(35-28)25-17-16-24(26(19-25)30(31,32)33)15-12-21-10-13-23(14-11-21)22-8-5-4-6-9-22;3*1-2/h5,8-11,13-14,16-17,19,27H,3-4,6-7,12,15,18,34H2,1-2H3;1-2H3;2*2H,1H3. The first-order chi connectivity index (χ1) is 19.8. The monoisotopic (exact) mass is 572 g/mol. The van der Waals surface area contributed by atoms with Crippen molar-refractivity contribution in [2.75, 3.05) is 14.2 Å². The van der Waals surface area contributed by atoms with Crippen molar-refractivity contribution in [2.24, 2.45) is 10.7 Å². The highest BCUT2D eigenvalue weighted by molar-refractivity contribution is 6.00. The summed E-state index contributed by atoms with van der Waals surface area (Å²) < 4.78 is 42.1. The van der Waals surface area contributed by atoms with Crippen molar-refractivity contribution in [3.05, 3.63) is 94.1 Å². The number of aliphatic imine (C=N–C) groups is 1. The summed E-state index contributed by atoms with van der Waals surface area (Å²) in [6.07, 6.45) is 7.46. The number of hydrogen-bond acceptors (Lipinski definition) is 4. The van der Waals surface area contributed by atoms with Crippen LogP contribution >= 0.6 is 0 Å². The summed E-state index contributed by atoms with van der Waals surface area (Å²) >= 11 is 0. The van der Waals surface area contributed by atoms with Crippen LogP contribution in [0.15, 0.2) is 71.3 Å². The molecule has 0 amide bonds. The lowest BCUT2D eigenvalue weighted by Gasteiger charge is -2.15. The van der Waals surface area contributed by atoms with Gasteiger partial charge in [0.15, 0.2) is 0 Å². The summed E-state index contributed by atoms with van der Waals surface area (Å²) in [5.41, 5.74) is 12.3. The Hall–Kier alpha value is -3.00. The van der Waals surface area contributed by atoms with Crippen LogP contribution in [0, 0.1) is 0 Å². The third-order valence-corrected chi connectivity index (χ3v) is 6.79. The van der Waals surface area contributed by atoms with Crippen molar-refractivity contribution in [1.82, 2.24) is 0 Å². The molecule has 0 spiro atoms. The van der Waals surface area contributed by atoms with Gasteiger partial charge in [-0.2, -0.15) is 13.2 Å². The van der Waals surface area contributed by atoms with E-state index in [-0.39, 0.29) is 6.04 Å². The van der Waals surface area contributed by atoms with Crippen LogP contribution in [0.3, 0.4) is 0 Å². The van der Waals surface area contributed by atoms with E-state index >= 15 is 0 Å². The maximum absolute atomic E-state index is 14.0. The van der Waals surface area contributed by atoms with Crippen LogP contribution in [0.2, 0.25) is 0 Å². The topological polar surface area (TPSA) is 78.8 Å². The van der Waals surface area contributed by atoms with Gasteiger partial charge in [-0.15, -0.1) is 0 Å². The zero-order valence-corrected chi connectivity index (χ0v) is 25.4. The first kappa shape index (κ1) is 36.0. The number of alkyl halides is 3. The Labute approximate surface area is 244 Å². The molecule has 1 heterocycles. The molecule has 4 N–H and O–H groups in total. The number of rotatable bonds is 8. The summed E-state index contributed by atoms with van der Waals surface area (Å²) in [4.78, 5) is 4.65. The van der Waals surface area contributed by atoms with E-state index in [4.69, 9.17) is 15.9 Å². The second kappa shape index (κ2) is 18.4. The second-order valence-electron chi connectivity index (χ2n) is 9.51. The quantitative estimate of drug-likeness (QED) is 0.299. The molecule has 0 bridgehead atoms. The molecule has 2 aliphatic rings. The lowest BCUT2D eigenvalue weighted by molar-refractivity contribution is -0.138. The molecule has 4 rings (SSSR count). The van der Waals surface area contributed by atoms with Crippen LogP contribution in [0.5, 0.6) is 0 Å². The molecule has 2 aromatic carbocycles. The highest BCUT2D eigenvalue weighted by atomic mass is 19.4. The zero-order chi connectivity index (χ0) is 31.0. The molecule has 226 valence electrons. The van der Waals surface area contributed by atoms with Gasteiger partial charge in [0.2, 0.25) is 0 Å². The molecule has 1 aliphatic heterocycles. The van der Waals surface area contributed by atoms with E-state index in [1.54, 1.807) is 12.1 Å². The van der Waals surface area contributed by atoms with Crippen molar-refractivity contribution >= 4 is 17.0 Å². The van der Waals surface area contributed by atoms with Crippen molar-refractivity contribution in [3.63, 3.8) is 0 Å². The van der Waals surface area contributed by atoms with Gasteiger partial charge in [-0.3, -0.25) is 4.99 Å². The molecule has 1 aliphatic carbocycles. The van der Waals surface area contributed by atoms with Crippen molar-refractivity contribution in [1.29, 1.82) is 0 Å². The molecule has 0 saturated heterocycles. The van der Waals surface area contributed by atoms with Crippen LogP contribution in [-0.2, 0) is 19.0 Å². The summed E-state index contributed by atoms with van der Waals surface area (Å²) in [5, 5.41) is 14.0. The second-order valence-corrected chi connectivity index (χ2v) is 9.51. The first-order valence-corrected chi connectivity index (χ1v) is 14.3. The number of nitrogens with zero attached hydrogens (tertiary/aromatic N) is 1. The lowest BCUT2D eigenvalue weighted by Crippen LogP contribution is -2.29. The number of nitrogens with two attached hydrogens (primary N) is 1. The lowest BCUT2D eigenvalue weighted by atomic mass is 9.94. The third kappa shape index (κ3) is 10.4. The summed E-state index contributed by atoms with van der Waals surface area (Å²) in [6, 6.07) is 12.6. The molecule has 7 heteroatoms. The summed E-state index contributed by atoms with van der Waals surface area (Å²) in [5.74, 6) is 0. The Kier molecular flexibility index (Phi) is 16.2. The van der Waals surface area contributed by atoms with E-state index in [0.717, 1.165) is 62.3 Å². The van der Waals surface area contributed by atoms with Gasteiger partial charge in [-0.25, -0.2) is 0 Å². The molecule has 1 atom stereocenters. The van der Waals surface area contributed by atoms with Gasteiger partial charge in [0, 0.05) is 38.0 Å². The maximum atomic E-state index is 14.0. The predicted molar refractivity (Wildman–Crippen MR) is 167 cm³/mol. The van der Waals surface area contributed by atoms with Gasteiger partial charge in [0.1, 0.15) is 0 Å². The van der Waals surface area contributed by atoms with Crippen molar-refractivity contribution in [3.8, 4) is 0 Å². The number of allylic oxidation sites excluding steroid dienone is 5. The molecule has 4 nitrogen and oxygen atoms in total. The highest BCUT2D eigenvalue weighted by Crippen LogP contribution is 2.37. The molecular weight excluding hydrogens is 525 g/mol. The summed E-state index contributed by atoms with van der Waals surface area (Å²) in [7, 11) is 2.00. The van der Waals surface area contributed by atoms with Crippen molar-refractivity contribution in [2.45, 2.75) is 84.9 Å². The largest absolute Gasteiger partial charge is 0.416 e. The average molecular weight is 573 g/mol. The average Bonchev–Trinajstić information content (AvgIpc) is 3.41. The van der Waals surface area contributed by atoms with Gasteiger partial charge in [-0.1, -0.05) is 81.8 Å². The molecule has 0 radical (unpaired) electrons. The highest BCUT2D eigenvalue weighted by Gasteiger charge is 2.34. The number of halogens is 3. The molecule has 0 aromatic heterocycles. The number of benzene rings is 2. The SMILES string of the molecule is CC.CCCC(N)C1=NC(c2ccc(CCc3ccc(C4=CCCC=C4)cc3)c(C(F)(F)F)c2)=C(C)C1.CO.CO. The van der Waals surface area contributed by atoms with Gasteiger partial charge in [0.05, 0.1) is 11.3 Å². The molecule has 0 fully saturated rings. The number of aryl methyl sites for hydroxylation is 2. The van der Waals surface area contributed by atoms with Crippen LogP contribution < -0.4 is 5.73 Å². The maximum Gasteiger partial charge on any atom is 0.416 e. The Morgan fingerprint density at radius 2 is 1.56 bits per heavy atom. The molecule has 2 aromatic rings. The Morgan fingerprint density at radius 3 is 2.12 bits per heavy atom. The molecule has 1 unspecified atom stereocenters. The van der Waals surface area contributed by atoms with E-state index in [2.05, 4.69) is 42.3 Å². The van der Waals surface area contributed by atoms with Crippen molar-refractivity contribution < 1.29 is 23.4 Å². The fourth-order valence-corrected chi connectivity index (χ4v) is 4.81. The van der Waals surface area contributed by atoms with E-state index in [9.17, 15) is 13.2 Å². The Balaban J connectivity index is 0.00000131. The van der Waals surface area contributed by atoms with E-state index in [1.165, 1.54) is 11.6 Å². The molecule has 41 heavy (non-hydrogen) atoms. The van der Waals surface area contributed by atoms with Crippen LogP contribution in [0.4, 0.5) is 13.2 Å². The minimum absolute atomic E-state index is 0.148. The normalized spacial score (nSPS) is 14.9. The van der Waals surface area contributed by atoms with Crippen LogP contribution in [0.1, 0.15) is 87.6 Å². The van der Waals surface area contributed by atoms with Gasteiger partial charge in [0.25, 0.3) is 0 Å². The predicted octanol–water partition coefficient (Wildman–Crippen LogP) is 8.17. The van der Waals surface area contributed by atoms with Gasteiger partial charge in [-0.05, 0) is 72.9 Å². The summed E-state index contributed by atoms with van der Waals surface area (Å²) in [6.45, 7) is 7.99. The zero-order valence-electron chi connectivity index (χ0n) is 25.4. The third-order valence-electron chi connectivity index (χ3n) is 6.79.